The van der Waals surface area contributed by atoms with Gasteiger partial charge in [-0.1, -0.05) is 55.6 Å². The lowest BCUT2D eigenvalue weighted by atomic mass is 10.1. The monoisotopic (exact) mass is 544 g/mol. The van der Waals surface area contributed by atoms with E-state index >= 15 is 0 Å². The predicted octanol–water partition coefficient (Wildman–Crippen LogP) is 4.14. The van der Waals surface area contributed by atoms with Gasteiger partial charge in [0.25, 0.3) is 5.91 Å². The van der Waals surface area contributed by atoms with Gasteiger partial charge in [-0.15, -0.1) is 0 Å². The van der Waals surface area contributed by atoms with Crippen molar-refractivity contribution in [3.05, 3.63) is 52.5 Å². The second-order valence-electron chi connectivity index (χ2n) is 9.70. The van der Waals surface area contributed by atoms with E-state index in [-0.39, 0.29) is 30.2 Å². The lowest BCUT2D eigenvalue weighted by Crippen LogP contribution is -2.43. The fourth-order valence-electron chi connectivity index (χ4n) is 4.59. The Morgan fingerprint density at radius 2 is 1.84 bits per heavy atom. The molecule has 0 radical (unpaired) electrons. The highest BCUT2D eigenvalue weighted by Gasteiger charge is 2.22. The summed E-state index contributed by atoms with van der Waals surface area (Å²) in [6.07, 6.45) is 5.15. The number of carbonyl (C=O) groups excluding carboxylic acids is 2. The minimum absolute atomic E-state index is 0.00154. The Balaban J connectivity index is 1.43. The number of halogens is 1. The molecule has 1 unspecified atom stereocenters. The van der Waals surface area contributed by atoms with Gasteiger partial charge >= 0.3 is 0 Å². The van der Waals surface area contributed by atoms with Crippen molar-refractivity contribution in [1.82, 2.24) is 15.5 Å². The van der Waals surface area contributed by atoms with Crippen LogP contribution in [0, 0.1) is 0 Å². The van der Waals surface area contributed by atoms with Gasteiger partial charge in [-0.25, -0.2) is 0 Å². The molecule has 3 rings (SSSR count). The van der Waals surface area contributed by atoms with Crippen LogP contribution >= 0.6 is 11.6 Å². The molecule has 2 amide bonds. The van der Waals surface area contributed by atoms with E-state index in [9.17, 15) is 14.7 Å². The van der Waals surface area contributed by atoms with Gasteiger partial charge in [0, 0.05) is 37.1 Å². The van der Waals surface area contributed by atoms with Gasteiger partial charge in [0.2, 0.25) is 5.91 Å². The number of rotatable bonds is 16. The molecule has 2 aromatic carbocycles. The van der Waals surface area contributed by atoms with E-state index in [2.05, 4.69) is 29.8 Å². The zero-order valence-corrected chi connectivity index (χ0v) is 23.3. The van der Waals surface area contributed by atoms with Crippen molar-refractivity contribution in [2.24, 2.45) is 0 Å². The van der Waals surface area contributed by atoms with E-state index in [0.29, 0.717) is 50.5 Å². The highest BCUT2D eigenvalue weighted by Crippen LogP contribution is 2.39. The number of phenols is 1. The second-order valence-corrected chi connectivity index (χ2v) is 10.1. The van der Waals surface area contributed by atoms with Crippen LogP contribution in [0.5, 0.6) is 11.5 Å². The molecule has 38 heavy (non-hydrogen) atoms. The fourth-order valence-corrected chi connectivity index (χ4v) is 4.82. The first-order chi connectivity index (χ1) is 18.4. The van der Waals surface area contributed by atoms with Gasteiger partial charge in [0.05, 0.1) is 0 Å². The summed E-state index contributed by atoms with van der Waals surface area (Å²) in [5.74, 6) is 0.412. The third-order valence-corrected chi connectivity index (χ3v) is 7.17. The van der Waals surface area contributed by atoms with Crippen molar-refractivity contribution in [1.29, 1.82) is 0 Å². The lowest BCUT2D eigenvalue weighted by Gasteiger charge is -2.30. The molecule has 0 saturated heterocycles. The summed E-state index contributed by atoms with van der Waals surface area (Å²) in [5.41, 5.74) is 2.36. The minimum atomic E-state index is -0.277. The van der Waals surface area contributed by atoms with Crippen LogP contribution in [0.15, 0.2) is 36.4 Å². The zero-order valence-electron chi connectivity index (χ0n) is 22.5. The molecule has 1 aliphatic heterocycles. The number of carbonyl (C=O) groups is 2. The standard InChI is InChI=1S/C29H41ClN4O4/c1-3-4-7-21(2)34(27(37)14-17-31-15-12-22-8-5-6-9-24(22)30)19-18-32-16-13-23-10-11-25(35)28-29(23)38-20-26(36)33-28/h5-6,8-11,21,31-32,35H,3-4,7,12-20H2,1-2H3,(H,33,36). The molecule has 4 N–H and O–H groups in total. The third kappa shape index (κ3) is 8.89. The Morgan fingerprint density at radius 3 is 2.61 bits per heavy atom. The Kier molecular flexibility index (Phi) is 12.2. The summed E-state index contributed by atoms with van der Waals surface area (Å²) in [4.78, 5) is 26.7. The third-order valence-electron chi connectivity index (χ3n) is 6.80. The number of anilines is 1. The number of aromatic hydroxyl groups is 1. The maximum atomic E-state index is 13.1. The summed E-state index contributed by atoms with van der Waals surface area (Å²) in [5, 5.41) is 20.3. The van der Waals surface area contributed by atoms with Gasteiger partial charge in [0.1, 0.15) is 11.4 Å². The van der Waals surface area contributed by atoms with Gasteiger partial charge < -0.3 is 30.7 Å². The van der Waals surface area contributed by atoms with E-state index in [1.165, 1.54) is 0 Å². The van der Waals surface area contributed by atoms with Crippen molar-refractivity contribution in [2.75, 3.05) is 44.6 Å². The Hall–Kier alpha value is -2.81. The van der Waals surface area contributed by atoms with Crippen LogP contribution in [0.25, 0.3) is 0 Å². The SMILES string of the molecule is CCCCC(C)N(CCNCCc1ccc(O)c2c1OCC(=O)N2)C(=O)CCNCCc1ccccc1Cl. The topological polar surface area (TPSA) is 103 Å². The van der Waals surface area contributed by atoms with Crippen LogP contribution in [0.3, 0.4) is 0 Å². The zero-order chi connectivity index (χ0) is 27.3. The number of benzene rings is 2. The molecule has 1 heterocycles. The van der Waals surface area contributed by atoms with Crippen LogP contribution in [0.4, 0.5) is 5.69 Å². The molecule has 0 aliphatic carbocycles. The Morgan fingerprint density at radius 1 is 1.11 bits per heavy atom. The van der Waals surface area contributed by atoms with E-state index in [4.69, 9.17) is 16.3 Å². The highest BCUT2D eigenvalue weighted by molar-refractivity contribution is 6.31. The molecule has 9 heteroatoms. The quantitative estimate of drug-likeness (QED) is 0.187. The fraction of sp³-hybridized carbons (Fsp3) is 0.517. The van der Waals surface area contributed by atoms with Gasteiger partial charge in [-0.2, -0.15) is 0 Å². The average molecular weight is 545 g/mol. The largest absolute Gasteiger partial charge is 0.506 e. The predicted molar refractivity (Wildman–Crippen MR) is 152 cm³/mol. The number of nitrogens with zero attached hydrogens (tertiary/aromatic N) is 1. The first-order valence-corrected chi connectivity index (χ1v) is 14.0. The second kappa shape index (κ2) is 15.6. The van der Waals surface area contributed by atoms with Crippen LogP contribution in [-0.4, -0.2) is 67.2 Å². The van der Waals surface area contributed by atoms with Crippen molar-refractivity contribution in [2.45, 2.75) is 58.4 Å². The maximum Gasteiger partial charge on any atom is 0.262 e. The molecule has 1 aliphatic rings. The molecule has 0 bridgehead atoms. The summed E-state index contributed by atoms with van der Waals surface area (Å²) >= 11 is 6.23. The summed E-state index contributed by atoms with van der Waals surface area (Å²) < 4.78 is 5.56. The molecule has 0 saturated carbocycles. The van der Waals surface area contributed by atoms with Crippen LogP contribution in [0.1, 0.15) is 50.7 Å². The minimum Gasteiger partial charge on any atom is -0.506 e. The van der Waals surface area contributed by atoms with Crippen LogP contribution in [0.2, 0.25) is 5.02 Å². The summed E-state index contributed by atoms with van der Waals surface area (Å²) in [6.45, 7) is 7.66. The van der Waals surface area contributed by atoms with Crippen molar-refractivity contribution in [3.63, 3.8) is 0 Å². The molecular formula is C29H41ClN4O4. The molecule has 208 valence electrons. The number of fused-ring (bicyclic) bond motifs is 1. The van der Waals surface area contributed by atoms with Crippen molar-refractivity contribution < 1.29 is 19.4 Å². The number of phenolic OH excluding ortho intramolecular Hbond substituents is 1. The number of hydrogen-bond donors (Lipinski definition) is 4. The smallest absolute Gasteiger partial charge is 0.262 e. The molecule has 2 aromatic rings. The van der Waals surface area contributed by atoms with E-state index in [0.717, 1.165) is 48.4 Å². The van der Waals surface area contributed by atoms with Crippen LogP contribution < -0.4 is 20.7 Å². The first kappa shape index (κ1) is 29.7. The highest BCUT2D eigenvalue weighted by atomic mass is 35.5. The number of nitrogens with one attached hydrogen (secondary N) is 3. The first-order valence-electron chi connectivity index (χ1n) is 13.6. The molecule has 0 fully saturated rings. The van der Waals surface area contributed by atoms with Crippen molar-refractivity contribution in [3.8, 4) is 11.5 Å². The number of ether oxygens (including phenoxy) is 1. The van der Waals surface area contributed by atoms with Gasteiger partial charge in [-0.3, -0.25) is 9.59 Å². The molecule has 8 nitrogen and oxygen atoms in total. The molecule has 0 spiro atoms. The Labute approximate surface area is 231 Å². The number of unbranched alkanes of at least 4 members (excludes halogenated alkanes) is 1. The lowest BCUT2D eigenvalue weighted by molar-refractivity contribution is -0.133. The summed E-state index contributed by atoms with van der Waals surface area (Å²) in [7, 11) is 0. The summed E-state index contributed by atoms with van der Waals surface area (Å²) in [6, 6.07) is 11.4. The number of hydrogen-bond acceptors (Lipinski definition) is 6. The van der Waals surface area contributed by atoms with Gasteiger partial charge in [-0.05, 0) is 62.5 Å². The maximum absolute atomic E-state index is 13.1. The van der Waals surface area contributed by atoms with E-state index in [1.807, 2.05) is 35.2 Å². The molecule has 1 atom stereocenters. The normalized spacial score (nSPS) is 13.4. The molecular weight excluding hydrogens is 504 g/mol. The Bertz CT molecular complexity index is 1060. The van der Waals surface area contributed by atoms with Crippen molar-refractivity contribution >= 4 is 29.1 Å². The number of amides is 2. The van der Waals surface area contributed by atoms with E-state index in [1.54, 1.807) is 6.07 Å². The molecule has 0 aromatic heterocycles. The van der Waals surface area contributed by atoms with Crippen LogP contribution in [-0.2, 0) is 22.4 Å². The van der Waals surface area contributed by atoms with Gasteiger partial charge in [0.15, 0.2) is 12.4 Å². The average Bonchev–Trinajstić information content (AvgIpc) is 2.91. The van der Waals surface area contributed by atoms with E-state index < -0.39 is 0 Å².